The molecule has 2 aromatic carbocycles. The molecule has 0 aromatic heterocycles. The SMILES string of the molecule is CC(=O)c1cccc(NCCC(=O)Nc2ccc(Cl)cc2C(F)(F)F)c1. The minimum Gasteiger partial charge on any atom is -0.385 e. The molecule has 0 fully saturated rings. The molecule has 2 rings (SSSR count). The third-order valence-electron chi connectivity index (χ3n) is 3.51. The summed E-state index contributed by atoms with van der Waals surface area (Å²) >= 11 is 5.60. The lowest BCUT2D eigenvalue weighted by Gasteiger charge is -2.14. The molecule has 0 atom stereocenters. The third kappa shape index (κ3) is 5.49. The smallest absolute Gasteiger partial charge is 0.385 e. The van der Waals surface area contributed by atoms with Crippen LogP contribution in [0.4, 0.5) is 24.5 Å². The van der Waals surface area contributed by atoms with Gasteiger partial charge in [-0.15, -0.1) is 0 Å². The molecular weight excluding hydrogens is 369 g/mol. The number of ketones is 1. The average Bonchev–Trinajstić information content (AvgIpc) is 2.56. The van der Waals surface area contributed by atoms with Gasteiger partial charge in [-0.3, -0.25) is 9.59 Å². The molecule has 4 nitrogen and oxygen atoms in total. The number of anilines is 2. The Hall–Kier alpha value is -2.54. The van der Waals surface area contributed by atoms with Gasteiger partial charge in [-0.2, -0.15) is 13.2 Å². The molecule has 0 bridgehead atoms. The largest absolute Gasteiger partial charge is 0.418 e. The summed E-state index contributed by atoms with van der Waals surface area (Å²) in [5, 5.41) is 5.14. The van der Waals surface area contributed by atoms with Gasteiger partial charge in [0.15, 0.2) is 5.78 Å². The molecule has 0 radical (unpaired) electrons. The van der Waals surface area contributed by atoms with Crippen LogP contribution in [0.3, 0.4) is 0 Å². The van der Waals surface area contributed by atoms with E-state index in [9.17, 15) is 22.8 Å². The molecule has 2 aromatic rings. The molecule has 0 unspecified atom stereocenters. The van der Waals surface area contributed by atoms with Crippen LogP contribution in [0.2, 0.25) is 5.02 Å². The lowest BCUT2D eigenvalue weighted by molar-refractivity contribution is -0.137. The molecule has 0 spiro atoms. The van der Waals surface area contributed by atoms with Gasteiger partial charge in [0, 0.05) is 29.2 Å². The Kier molecular flexibility index (Phi) is 6.26. The summed E-state index contributed by atoms with van der Waals surface area (Å²) in [6.45, 7) is 1.64. The van der Waals surface area contributed by atoms with Crippen molar-refractivity contribution in [1.29, 1.82) is 0 Å². The highest BCUT2D eigenvalue weighted by Crippen LogP contribution is 2.36. The number of nitrogens with one attached hydrogen (secondary N) is 2. The lowest BCUT2D eigenvalue weighted by Crippen LogP contribution is -2.19. The topological polar surface area (TPSA) is 58.2 Å². The Morgan fingerprint density at radius 2 is 1.85 bits per heavy atom. The summed E-state index contributed by atoms with van der Waals surface area (Å²) < 4.78 is 39.0. The first-order valence-electron chi connectivity index (χ1n) is 7.68. The van der Waals surface area contributed by atoms with E-state index in [1.54, 1.807) is 24.3 Å². The first-order valence-corrected chi connectivity index (χ1v) is 8.06. The van der Waals surface area contributed by atoms with Crippen molar-refractivity contribution >= 4 is 34.7 Å². The predicted molar refractivity (Wildman–Crippen MR) is 94.6 cm³/mol. The number of hydrogen-bond acceptors (Lipinski definition) is 3. The number of Topliss-reactive ketones (excluding diaryl/α,β-unsaturated/α-hetero) is 1. The summed E-state index contributed by atoms with van der Waals surface area (Å²) in [4.78, 5) is 23.3. The fraction of sp³-hybridized carbons (Fsp3) is 0.222. The Bertz CT molecular complexity index is 822. The van der Waals surface area contributed by atoms with Gasteiger partial charge in [0.25, 0.3) is 0 Å². The second-order valence-electron chi connectivity index (χ2n) is 5.55. The molecule has 0 aliphatic heterocycles. The van der Waals surface area contributed by atoms with Gasteiger partial charge in [0.05, 0.1) is 11.3 Å². The number of carbonyl (C=O) groups excluding carboxylic acids is 2. The summed E-state index contributed by atoms with van der Waals surface area (Å²) in [6.07, 6.45) is -4.68. The van der Waals surface area contributed by atoms with Gasteiger partial charge in [-0.25, -0.2) is 0 Å². The molecule has 0 aliphatic carbocycles. The van der Waals surface area contributed by atoms with Crippen LogP contribution in [-0.4, -0.2) is 18.2 Å². The van der Waals surface area contributed by atoms with Gasteiger partial charge in [-0.05, 0) is 37.3 Å². The Morgan fingerprint density at radius 1 is 1.12 bits per heavy atom. The number of halogens is 4. The Balaban J connectivity index is 1.96. The van der Waals surface area contributed by atoms with E-state index in [1.807, 2.05) is 0 Å². The molecule has 0 aliphatic rings. The monoisotopic (exact) mass is 384 g/mol. The Morgan fingerprint density at radius 3 is 2.50 bits per heavy atom. The summed E-state index contributed by atoms with van der Waals surface area (Å²) in [7, 11) is 0. The van der Waals surface area contributed by atoms with Crippen LogP contribution in [0.25, 0.3) is 0 Å². The number of benzene rings is 2. The second-order valence-corrected chi connectivity index (χ2v) is 5.99. The van der Waals surface area contributed by atoms with Crippen molar-refractivity contribution in [2.75, 3.05) is 17.2 Å². The van der Waals surface area contributed by atoms with Crippen LogP contribution in [-0.2, 0) is 11.0 Å². The normalized spacial score (nSPS) is 11.1. The standard InChI is InChI=1S/C18H16ClF3N2O2/c1-11(25)12-3-2-4-14(9-12)23-8-7-17(26)24-16-6-5-13(19)10-15(16)18(20,21)22/h2-6,9-10,23H,7-8H2,1H3,(H,24,26). The summed E-state index contributed by atoms with van der Waals surface area (Å²) in [6, 6.07) is 9.89. The van der Waals surface area contributed by atoms with Gasteiger partial charge in [0.2, 0.25) is 5.91 Å². The van der Waals surface area contributed by atoms with Crippen LogP contribution < -0.4 is 10.6 Å². The van der Waals surface area contributed by atoms with E-state index in [2.05, 4.69) is 10.6 Å². The van der Waals surface area contributed by atoms with Crippen molar-refractivity contribution in [2.24, 2.45) is 0 Å². The van der Waals surface area contributed by atoms with Gasteiger partial charge in [0.1, 0.15) is 0 Å². The summed E-state index contributed by atoms with van der Waals surface area (Å²) in [5.41, 5.74) is -0.172. The van der Waals surface area contributed by atoms with E-state index in [1.165, 1.54) is 13.0 Å². The van der Waals surface area contributed by atoms with E-state index < -0.39 is 17.6 Å². The number of hydrogen-bond donors (Lipinski definition) is 2. The molecule has 1 amide bonds. The fourth-order valence-electron chi connectivity index (χ4n) is 2.24. The van der Waals surface area contributed by atoms with Crippen LogP contribution in [0.1, 0.15) is 29.3 Å². The molecular formula is C18H16ClF3N2O2. The van der Waals surface area contributed by atoms with E-state index >= 15 is 0 Å². The maximum absolute atomic E-state index is 13.0. The fourth-order valence-corrected chi connectivity index (χ4v) is 2.41. The third-order valence-corrected chi connectivity index (χ3v) is 3.75. The van der Waals surface area contributed by atoms with Crippen LogP contribution in [0.15, 0.2) is 42.5 Å². The minimum atomic E-state index is -4.63. The number of amides is 1. The maximum Gasteiger partial charge on any atom is 0.418 e. The highest BCUT2D eigenvalue weighted by Gasteiger charge is 2.34. The zero-order valence-electron chi connectivity index (χ0n) is 13.8. The zero-order chi connectivity index (χ0) is 19.3. The van der Waals surface area contributed by atoms with Crippen molar-refractivity contribution in [1.82, 2.24) is 0 Å². The highest BCUT2D eigenvalue weighted by molar-refractivity contribution is 6.30. The van der Waals surface area contributed by atoms with Crippen LogP contribution >= 0.6 is 11.6 Å². The molecule has 0 saturated carbocycles. The van der Waals surface area contributed by atoms with Gasteiger partial charge >= 0.3 is 6.18 Å². The first-order chi connectivity index (χ1) is 12.2. The van der Waals surface area contributed by atoms with E-state index in [0.29, 0.717) is 11.3 Å². The van der Waals surface area contributed by atoms with Gasteiger partial charge in [-0.1, -0.05) is 23.7 Å². The number of carbonyl (C=O) groups is 2. The first kappa shape index (κ1) is 19.8. The van der Waals surface area contributed by atoms with E-state index in [0.717, 1.165) is 12.1 Å². The molecule has 8 heteroatoms. The minimum absolute atomic E-state index is 0.0514. The quantitative estimate of drug-likeness (QED) is 0.689. The van der Waals surface area contributed by atoms with Crippen molar-refractivity contribution in [3.63, 3.8) is 0 Å². The molecule has 138 valence electrons. The maximum atomic E-state index is 13.0. The number of alkyl halides is 3. The molecule has 0 heterocycles. The number of rotatable bonds is 6. The molecule has 26 heavy (non-hydrogen) atoms. The molecule has 0 saturated heterocycles. The predicted octanol–water partition coefficient (Wildman–Crippen LogP) is 5.00. The van der Waals surface area contributed by atoms with E-state index in [4.69, 9.17) is 11.6 Å². The summed E-state index contributed by atoms with van der Waals surface area (Å²) in [5.74, 6) is -0.665. The van der Waals surface area contributed by atoms with Crippen molar-refractivity contribution in [2.45, 2.75) is 19.5 Å². The van der Waals surface area contributed by atoms with Crippen LogP contribution in [0, 0.1) is 0 Å². The highest BCUT2D eigenvalue weighted by atomic mass is 35.5. The van der Waals surface area contributed by atoms with Crippen LogP contribution in [0.5, 0.6) is 0 Å². The van der Waals surface area contributed by atoms with Gasteiger partial charge < -0.3 is 10.6 Å². The molecule has 2 N–H and O–H groups in total. The average molecular weight is 385 g/mol. The second kappa shape index (κ2) is 8.23. The van der Waals surface area contributed by atoms with E-state index in [-0.39, 0.29) is 29.5 Å². The van der Waals surface area contributed by atoms with Crippen molar-refractivity contribution in [3.8, 4) is 0 Å². The zero-order valence-corrected chi connectivity index (χ0v) is 14.5. The van der Waals surface area contributed by atoms with Crippen molar-refractivity contribution in [3.05, 3.63) is 58.6 Å². The lowest BCUT2D eigenvalue weighted by atomic mass is 10.1. The Labute approximate surface area is 153 Å². The van der Waals surface area contributed by atoms with Crippen molar-refractivity contribution < 1.29 is 22.8 Å².